The minimum Gasteiger partial charge on any atom is -0.454 e. The number of nitrogens with one attached hydrogen (secondary N) is 1. The highest BCUT2D eigenvalue weighted by molar-refractivity contribution is 5.74. The summed E-state index contributed by atoms with van der Waals surface area (Å²) in [5.74, 6) is 1.54. The number of benzene rings is 2. The van der Waals surface area contributed by atoms with Crippen molar-refractivity contribution in [1.82, 2.24) is 5.32 Å². The molecule has 1 amide bonds. The first-order chi connectivity index (χ1) is 10.4. The van der Waals surface area contributed by atoms with E-state index in [4.69, 9.17) is 9.47 Å². The Hall–Kier alpha value is -2.53. The van der Waals surface area contributed by atoms with Crippen LogP contribution in [0.5, 0.6) is 11.5 Å². The van der Waals surface area contributed by atoms with E-state index < -0.39 is 0 Å². The van der Waals surface area contributed by atoms with Crippen molar-refractivity contribution in [3.63, 3.8) is 0 Å². The highest BCUT2D eigenvalue weighted by atomic mass is 16.7. The van der Waals surface area contributed by atoms with Crippen molar-refractivity contribution in [3.05, 3.63) is 54.1 Å². The lowest BCUT2D eigenvalue weighted by Crippen LogP contribution is -2.32. The van der Waals surface area contributed by atoms with E-state index in [0.29, 0.717) is 13.2 Å². The molecule has 0 atom stereocenters. The molecular formula is C16H16N2O3. The lowest BCUT2D eigenvalue weighted by atomic mass is 10.2. The number of rotatable bonds is 6. The van der Waals surface area contributed by atoms with Crippen LogP contribution in [0, 0.1) is 0 Å². The Morgan fingerprint density at radius 3 is 2.71 bits per heavy atom. The average molecular weight is 284 g/mol. The smallest absolute Gasteiger partial charge is 0.231 e. The van der Waals surface area contributed by atoms with Crippen LogP contribution in [0.2, 0.25) is 0 Å². The summed E-state index contributed by atoms with van der Waals surface area (Å²) in [6, 6.07) is 15.4. The molecule has 0 aliphatic carbocycles. The van der Waals surface area contributed by atoms with Crippen molar-refractivity contribution in [2.75, 3.05) is 18.4 Å². The van der Waals surface area contributed by atoms with Gasteiger partial charge in [0.05, 0.1) is 6.67 Å². The Kier molecular flexibility index (Phi) is 4.02. The minimum absolute atomic E-state index is 0.277. The molecule has 1 aliphatic rings. The van der Waals surface area contributed by atoms with Gasteiger partial charge >= 0.3 is 0 Å². The molecule has 0 fully saturated rings. The number of nitrogens with zero attached hydrogens (tertiary/aromatic N) is 1. The molecule has 0 spiro atoms. The number of carbonyl (C=O) groups is 1. The van der Waals surface area contributed by atoms with E-state index in [0.717, 1.165) is 29.2 Å². The largest absolute Gasteiger partial charge is 0.454 e. The summed E-state index contributed by atoms with van der Waals surface area (Å²) in [5.41, 5.74) is 1.95. The van der Waals surface area contributed by atoms with Gasteiger partial charge in [0.1, 0.15) is 0 Å². The molecule has 1 aliphatic heterocycles. The van der Waals surface area contributed by atoms with Crippen LogP contribution in [-0.2, 0) is 11.3 Å². The van der Waals surface area contributed by atoms with Crippen LogP contribution in [0.25, 0.3) is 0 Å². The fourth-order valence-electron chi connectivity index (χ4n) is 2.18. The maximum absolute atomic E-state index is 11.2. The van der Waals surface area contributed by atoms with E-state index in [1.165, 1.54) is 0 Å². The molecule has 1 N–H and O–H groups in total. The van der Waals surface area contributed by atoms with Crippen LogP contribution in [0.15, 0.2) is 48.5 Å². The van der Waals surface area contributed by atoms with Crippen LogP contribution in [0.3, 0.4) is 0 Å². The Morgan fingerprint density at radius 2 is 1.90 bits per heavy atom. The van der Waals surface area contributed by atoms with Crippen molar-refractivity contribution in [1.29, 1.82) is 0 Å². The molecule has 0 aromatic heterocycles. The molecule has 2 aromatic carbocycles. The molecule has 108 valence electrons. The first kappa shape index (κ1) is 13.5. The molecule has 0 unspecified atom stereocenters. The molecule has 0 saturated carbocycles. The highest BCUT2D eigenvalue weighted by Gasteiger charge is 2.13. The topological polar surface area (TPSA) is 50.8 Å². The third-order valence-electron chi connectivity index (χ3n) is 3.26. The molecule has 2 aromatic rings. The first-order valence-electron chi connectivity index (χ1n) is 6.73. The van der Waals surface area contributed by atoms with E-state index in [1.807, 2.05) is 48.5 Å². The van der Waals surface area contributed by atoms with Gasteiger partial charge in [0.25, 0.3) is 0 Å². The Morgan fingerprint density at radius 1 is 1.10 bits per heavy atom. The zero-order chi connectivity index (χ0) is 14.5. The number of hydrogen-bond donors (Lipinski definition) is 1. The van der Waals surface area contributed by atoms with Crippen molar-refractivity contribution >= 4 is 12.1 Å². The zero-order valence-corrected chi connectivity index (χ0v) is 11.5. The van der Waals surface area contributed by atoms with Crippen LogP contribution >= 0.6 is 0 Å². The summed E-state index contributed by atoms with van der Waals surface area (Å²) in [4.78, 5) is 12.8. The van der Waals surface area contributed by atoms with Crippen LogP contribution < -0.4 is 19.7 Å². The lowest BCUT2D eigenvalue weighted by molar-refractivity contribution is -0.107. The van der Waals surface area contributed by atoms with Gasteiger partial charge in [0.2, 0.25) is 13.2 Å². The van der Waals surface area contributed by atoms with Gasteiger partial charge < -0.3 is 14.4 Å². The van der Waals surface area contributed by atoms with E-state index in [1.54, 1.807) is 4.90 Å². The zero-order valence-electron chi connectivity index (χ0n) is 11.5. The molecule has 0 radical (unpaired) electrons. The number of ether oxygens (including phenoxy) is 2. The van der Waals surface area contributed by atoms with E-state index >= 15 is 0 Å². The minimum atomic E-state index is 0.277. The van der Waals surface area contributed by atoms with Gasteiger partial charge in [-0.2, -0.15) is 0 Å². The second-order valence-electron chi connectivity index (χ2n) is 4.68. The SMILES string of the molecule is O=CN(CNCc1ccc2c(c1)OCO2)c1ccccc1. The molecule has 3 rings (SSSR count). The summed E-state index contributed by atoms with van der Waals surface area (Å²) in [5, 5.41) is 3.24. The number of fused-ring (bicyclic) bond motifs is 1. The fourth-order valence-corrected chi connectivity index (χ4v) is 2.18. The van der Waals surface area contributed by atoms with Gasteiger partial charge in [-0.05, 0) is 29.8 Å². The summed E-state index contributed by atoms with van der Waals surface area (Å²) in [6.45, 7) is 1.37. The van der Waals surface area contributed by atoms with Gasteiger partial charge in [-0.3, -0.25) is 10.1 Å². The van der Waals surface area contributed by atoms with Gasteiger partial charge in [-0.25, -0.2) is 0 Å². The van der Waals surface area contributed by atoms with Gasteiger partial charge in [0, 0.05) is 12.2 Å². The Balaban J connectivity index is 1.57. The molecule has 0 saturated heterocycles. The standard InChI is InChI=1S/C16H16N2O3/c19-11-18(14-4-2-1-3-5-14)10-17-9-13-6-7-15-16(8-13)21-12-20-15/h1-8,11,17H,9-10,12H2. The monoisotopic (exact) mass is 284 g/mol. The van der Waals surface area contributed by atoms with E-state index in [9.17, 15) is 4.79 Å². The summed E-state index contributed by atoms with van der Waals surface area (Å²) in [7, 11) is 0. The van der Waals surface area contributed by atoms with Gasteiger partial charge in [-0.15, -0.1) is 0 Å². The van der Waals surface area contributed by atoms with Crippen LogP contribution in [0.4, 0.5) is 5.69 Å². The highest BCUT2D eigenvalue weighted by Crippen LogP contribution is 2.32. The number of para-hydroxylation sites is 1. The van der Waals surface area contributed by atoms with Crippen molar-refractivity contribution < 1.29 is 14.3 Å². The third kappa shape index (κ3) is 3.14. The second kappa shape index (κ2) is 6.28. The molecule has 5 heteroatoms. The molecule has 21 heavy (non-hydrogen) atoms. The molecule has 0 bridgehead atoms. The van der Waals surface area contributed by atoms with Gasteiger partial charge in [-0.1, -0.05) is 24.3 Å². The maximum Gasteiger partial charge on any atom is 0.231 e. The van der Waals surface area contributed by atoms with E-state index in [-0.39, 0.29) is 6.79 Å². The summed E-state index contributed by atoms with van der Waals surface area (Å²) >= 11 is 0. The molecular weight excluding hydrogens is 268 g/mol. The van der Waals surface area contributed by atoms with Crippen molar-refractivity contribution in [2.24, 2.45) is 0 Å². The summed E-state index contributed by atoms with van der Waals surface area (Å²) in [6.07, 6.45) is 0.821. The lowest BCUT2D eigenvalue weighted by Gasteiger charge is -2.18. The Bertz CT molecular complexity index is 616. The molecule has 1 heterocycles. The number of hydrogen-bond acceptors (Lipinski definition) is 4. The van der Waals surface area contributed by atoms with Gasteiger partial charge in [0.15, 0.2) is 11.5 Å². The van der Waals surface area contributed by atoms with E-state index in [2.05, 4.69) is 5.32 Å². The predicted molar refractivity (Wildman–Crippen MR) is 79.3 cm³/mol. The fraction of sp³-hybridized carbons (Fsp3) is 0.188. The third-order valence-corrected chi connectivity index (χ3v) is 3.26. The summed E-state index contributed by atoms with van der Waals surface area (Å²) < 4.78 is 10.6. The maximum atomic E-state index is 11.2. The predicted octanol–water partition coefficient (Wildman–Crippen LogP) is 2.13. The quantitative estimate of drug-likeness (QED) is 0.652. The Labute approximate surface area is 123 Å². The average Bonchev–Trinajstić information content (AvgIpc) is 3.00. The second-order valence-corrected chi connectivity index (χ2v) is 4.68. The van der Waals surface area contributed by atoms with Crippen LogP contribution in [0.1, 0.15) is 5.56 Å². The van der Waals surface area contributed by atoms with Crippen molar-refractivity contribution in [3.8, 4) is 11.5 Å². The normalized spacial score (nSPS) is 12.2. The van der Waals surface area contributed by atoms with Crippen LogP contribution in [-0.4, -0.2) is 19.9 Å². The number of carbonyl (C=O) groups excluding carboxylic acids is 1. The molecule has 5 nitrogen and oxygen atoms in total. The number of amides is 1. The number of anilines is 1. The van der Waals surface area contributed by atoms with Crippen molar-refractivity contribution in [2.45, 2.75) is 6.54 Å². The first-order valence-corrected chi connectivity index (χ1v) is 6.73.